The predicted molar refractivity (Wildman–Crippen MR) is 112 cm³/mol. The van der Waals surface area contributed by atoms with Gasteiger partial charge in [0.1, 0.15) is 17.4 Å². The first-order valence-corrected chi connectivity index (χ1v) is 9.12. The minimum Gasteiger partial charge on any atom is -0.497 e. The molecule has 2 amide bonds. The Morgan fingerprint density at radius 1 is 0.935 bits per heavy atom. The van der Waals surface area contributed by atoms with Crippen LogP contribution in [0.2, 0.25) is 0 Å². The van der Waals surface area contributed by atoms with Crippen molar-refractivity contribution in [1.29, 1.82) is 0 Å². The molecule has 0 aliphatic heterocycles. The minimum absolute atomic E-state index is 0.00941. The Balaban J connectivity index is 1.88. The first-order chi connectivity index (χ1) is 14.7. The monoisotopic (exact) mass is 427 g/mol. The average Bonchev–Trinajstić information content (AvgIpc) is 2.73. The SMILES string of the molecule is COc1ccc(C)c(NC(=O)c2cc(NC(=O)c3ccn(C)c(=O)c3)c(F)cc2F)c1. The number of carbonyl (C=O) groups is 2. The molecule has 160 valence electrons. The van der Waals surface area contributed by atoms with Crippen molar-refractivity contribution in [3.05, 3.63) is 87.3 Å². The van der Waals surface area contributed by atoms with Crippen LogP contribution < -0.4 is 20.9 Å². The van der Waals surface area contributed by atoms with Crippen LogP contribution in [0.25, 0.3) is 0 Å². The van der Waals surface area contributed by atoms with E-state index < -0.39 is 40.3 Å². The highest BCUT2D eigenvalue weighted by atomic mass is 19.1. The number of rotatable bonds is 5. The van der Waals surface area contributed by atoms with Crippen LogP contribution in [0.15, 0.2) is 53.5 Å². The van der Waals surface area contributed by atoms with Gasteiger partial charge in [-0.25, -0.2) is 8.78 Å². The first-order valence-electron chi connectivity index (χ1n) is 9.12. The summed E-state index contributed by atoms with van der Waals surface area (Å²) in [6.07, 6.45) is 1.38. The molecule has 3 rings (SSSR count). The van der Waals surface area contributed by atoms with Gasteiger partial charge in [0.05, 0.1) is 18.4 Å². The van der Waals surface area contributed by atoms with Crippen LogP contribution >= 0.6 is 0 Å². The average molecular weight is 427 g/mol. The maximum absolute atomic E-state index is 14.3. The van der Waals surface area contributed by atoms with Crippen molar-refractivity contribution in [3.8, 4) is 5.75 Å². The zero-order valence-electron chi connectivity index (χ0n) is 17.0. The van der Waals surface area contributed by atoms with Crippen molar-refractivity contribution in [2.45, 2.75) is 6.92 Å². The Bertz CT molecular complexity index is 1240. The van der Waals surface area contributed by atoms with Crippen molar-refractivity contribution in [2.75, 3.05) is 17.7 Å². The first kappa shape index (κ1) is 21.7. The lowest BCUT2D eigenvalue weighted by atomic mass is 10.1. The second-order valence-electron chi connectivity index (χ2n) is 6.77. The number of hydrogen-bond donors (Lipinski definition) is 2. The molecule has 0 atom stereocenters. The molecule has 0 radical (unpaired) electrons. The smallest absolute Gasteiger partial charge is 0.258 e. The molecule has 0 fully saturated rings. The highest BCUT2D eigenvalue weighted by molar-refractivity contribution is 6.07. The maximum atomic E-state index is 14.3. The molecule has 3 aromatic rings. The largest absolute Gasteiger partial charge is 0.497 e. The van der Waals surface area contributed by atoms with Gasteiger partial charge in [0, 0.05) is 42.7 Å². The zero-order valence-corrected chi connectivity index (χ0v) is 17.0. The number of hydrogen-bond acceptors (Lipinski definition) is 4. The number of methoxy groups -OCH3 is 1. The Kier molecular flexibility index (Phi) is 6.15. The molecule has 0 unspecified atom stereocenters. The highest BCUT2D eigenvalue weighted by Gasteiger charge is 2.19. The van der Waals surface area contributed by atoms with E-state index in [9.17, 15) is 23.2 Å². The van der Waals surface area contributed by atoms with Crippen LogP contribution in [-0.2, 0) is 7.05 Å². The quantitative estimate of drug-likeness (QED) is 0.653. The van der Waals surface area contributed by atoms with Crippen molar-refractivity contribution in [2.24, 2.45) is 7.05 Å². The summed E-state index contributed by atoms with van der Waals surface area (Å²) in [7, 11) is 2.98. The number of aryl methyl sites for hydroxylation is 2. The van der Waals surface area contributed by atoms with E-state index >= 15 is 0 Å². The molecule has 2 N–H and O–H groups in total. The summed E-state index contributed by atoms with van der Waals surface area (Å²) in [6.45, 7) is 1.74. The molecular weight excluding hydrogens is 408 g/mol. The third kappa shape index (κ3) is 4.77. The fourth-order valence-electron chi connectivity index (χ4n) is 2.76. The Hall–Kier alpha value is -4.01. The molecular formula is C22H19F2N3O4. The molecule has 2 aromatic carbocycles. The normalized spacial score (nSPS) is 10.5. The number of ether oxygens (including phenoxy) is 1. The number of nitrogens with one attached hydrogen (secondary N) is 2. The van der Waals surface area contributed by atoms with E-state index in [-0.39, 0.29) is 5.56 Å². The number of halogens is 2. The molecule has 0 aliphatic carbocycles. The predicted octanol–water partition coefficient (Wildman–Crippen LogP) is 3.49. The van der Waals surface area contributed by atoms with Gasteiger partial charge in [-0.3, -0.25) is 14.4 Å². The van der Waals surface area contributed by atoms with Gasteiger partial charge in [-0.1, -0.05) is 6.07 Å². The van der Waals surface area contributed by atoms with E-state index in [0.717, 1.165) is 12.1 Å². The lowest BCUT2D eigenvalue weighted by molar-refractivity contribution is 0.101. The number of benzene rings is 2. The van der Waals surface area contributed by atoms with Gasteiger partial charge >= 0.3 is 0 Å². The van der Waals surface area contributed by atoms with Crippen molar-refractivity contribution in [1.82, 2.24) is 4.57 Å². The third-order valence-corrected chi connectivity index (χ3v) is 4.61. The van der Waals surface area contributed by atoms with E-state index in [4.69, 9.17) is 4.74 Å². The number of amides is 2. The molecule has 0 bridgehead atoms. The van der Waals surface area contributed by atoms with Crippen LogP contribution in [0.5, 0.6) is 5.75 Å². The van der Waals surface area contributed by atoms with Crippen LogP contribution in [0.4, 0.5) is 20.2 Å². The lowest BCUT2D eigenvalue weighted by Gasteiger charge is -2.13. The summed E-state index contributed by atoms with van der Waals surface area (Å²) in [5, 5.41) is 4.81. The van der Waals surface area contributed by atoms with Gasteiger partial charge in [0.2, 0.25) is 0 Å². The summed E-state index contributed by atoms with van der Waals surface area (Å²) >= 11 is 0. The van der Waals surface area contributed by atoms with Crippen LogP contribution in [-0.4, -0.2) is 23.5 Å². The molecule has 9 heteroatoms. The second-order valence-corrected chi connectivity index (χ2v) is 6.77. The number of anilines is 2. The minimum atomic E-state index is -1.10. The fraction of sp³-hybridized carbons (Fsp3) is 0.136. The van der Waals surface area contributed by atoms with E-state index in [2.05, 4.69) is 10.6 Å². The van der Waals surface area contributed by atoms with E-state index in [0.29, 0.717) is 23.1 Å². The third-order valence-electron chi connectivity index (χ3n) is 4.61. The molecule has 0 aliphatic rings. The van der Waals surface area contributed by atoms with Gasteiger partial charge in [-0.05, 0) is 30.7 Å². The maximum Gasteiger partial charge on any atom is 0.258 e. The number of aromatic nitrogens is 1. The van der Waals surface area contributed by atoms with Gasteiger partial charge < -0.3 is 19.9 Å². The highest BCUT2D eigenvalue weighted by Crippen LogP contribution is 2.25. The molecule has 1 heterocycles. The van der Waals surface area contributed by atoms with Crippen LogP contribution in [0.1, 0.15) is 26.3 Å². The fourth-order valence-corrected chi connectivity index (χ4v) is 2.76. The number of pyridine rings is 1. The van der Waals surface area contributed by atoms with Crippen molar-refractivity contribution in [3.63, 3.8) is 0 Å². The summed E-state index contributed by atoms with van der Waals surface area (Å²) in [4.78, 5) is 36.7. The molecule has 1 aromatic heterocycles. The summed E-state index contributed by atoms with van der Waals surface area (Å²) in [5.74, 6) is -3.29. The van der Waals surface area contributed by atoms with Crippen LogP contribution in [0, 0.1) is 18.6 Å². The van der Waals surface area contributed by atoms with Crippen molar-refractivity contribution >= 4 is 23.2 Å². The number of nitrogens with zero attached hydrogens (tertiary/aromatic N) is 1. The van der Waals surface area contributed by atoms with E-state index in [1.54, 1.807) is 25.1 Å². The zero-order chi connectivity index (χ0) is 22.7. The van der Waals surface area contributed by atoms with E-state index in [1.807, 2.05) is 0 Å². The van der Waals surface area contributed by atoms with Gasteiger partial charge in [0.15, 0.2) is 0 Å². The lowest BCUT2D eigenvalue weighted by Crippen LogP contribution is -2.21. The Morgan fingerprint density at radius 3 is 2.32 bits per heavy atom. The summed E-state index contributed by atoms with van der Waals surface area (Å²) in [5.41, 5.74) is -0.220. The van der Waals surface area contributed by atoms with Gasteiger partial charge in [-0.15, -0.1) is 0 Å². The molecule has 0 spiro atoms. The van der Waals surface area contributed by atoms with E-state index in [1.165, 1.54) is 31.0 Å². The number of carbonyl (C=O) groups excluding carboxylic acids is 2. The molecule has 7 nitrogen and oxygen atoms in total. The van der Waals surface area contributed by atoms with Crippen LogP contribution in [0.3, 0.4) is 0 Å². The van der Waals surface area contributed by atoms with Gasteiger partial charge in [-0.2, -0.15) is 0 Å². The standard InChI is InChI=1S/C22H19F2N3O4/c1-12-4-5-14(31-3)9-18(12)25-22(30)15-10-19(17(24)11-16(15)23)26-21(29)13-6-7-27(2)20(28)8-13/h4-11H,1-3H3,(H,25,30)(H,26,29). The second kappa shape index (κ2) is 8.78. The molecule has 31 heavy (non-hydrogen) atoms. The Morgan fingerprint density at radius 2 is 1.65 bits per heavy atom. The summed E-state index contributed by atoms with van der Waals surface area (Å²) in [6, 6.07) is 8.83. The molecule has 0 saturated carbocycles. The Labute approximate surface area is 176 Å². The topological polar surface area (TPSA) is 89.4 Å². The van der Waals surface area contributed by atoms with Crippen molar-refractivity contribution < 1.29 is 23.1 Å². The summed E-state index contributed by atoms with van der Waals surface area (Å²) < 4.78 is 34.9. The molecule has 0 saturated heterocycles. The van der Waals surface area contributed by atoms with Gasteiger partial charge in [0.25, 0.3) is 17.4 Å².